The lowest BCUT2D eigenvalue weighted by Crippen LogP contribution is -2.37. The van der Waals surface area contributed by atoms with Crippen LogP contribution in [0.5, 0.6) is 0 Å². The maximum Gasteiger partial charge on any atom is 0.420 e. The van der Waals surface area contributed by atoms with E-state index in [4.69, 9.17) is 4.42 Å². The fourth-order valence-corrected chi connectivity index (χ4v) is 3.66. The molecule has 0 N–H and O–H groups in total. The highest BCUT2D eigenvalue weighted by atomic mass is 16.4. The third-order valence-electron chi connectivity index (χ3n) is 5.00. The molecule has 4 nitrogen and oxygen atoms in total. The Morgan fingerprint density at radius 2 is 1.67 bits per heavy atom. The number of benzene rings is 2. The van der Waals surface area contributed by atoms with Crippen LogP contribution in [-0.4, -0.2) is 29.1 Å². The van der Waals surface area contributed by atoms with Gasteiger partial charge in [0, 0.05) is 25.7 Å². The molecule has 0 unspecified atom stereocenters. The topological polar surface area (TPSA) is 38.4 Å². The van der Waals surface area contributed by atoms with Crippen LogP contribution in [-0.2, 0) is 6.42 Å². The molecule has 0 aliphatic carbocycles. The second-order valence-electron chi connectivity index (χ2n) is 6.51. The van der Waals surface area contributed by atoms with Crippen LogP contribution in [0.2, 0.25) is 0 Å². The molecule has 0 amide bonds. The number of para-hydroxylation sites is 2. The van der Waals surface area contributed by atoms with Gasteiger partial charge in [0.05, 0.1) is 5.52 Å². The molecule has 0 atom stereocenters. The lowest BCUT2D eigenvalue weighted by molar-refractivity contribution is 0.186. The number of fused-ring (bicyclic) bond motifs is 1. The molecule has 124 valence electrons. The van der Waals surface area contributed by atoms with Gasteiger partial charge in [0.2, 0.25) is 0 Å². The normalized spacial score (nSPS) is 16.7. The predicted octanol–water partition coefficient (Wildman–Crippen LogP) is 3.47. The highest BCUT2D eigenvalue weighted by molar-refractivity contribution is 5.72. The van der Waals surface area contributed by atoms with Crippen molar-refractivity contribution >= 4 is 11.1 Å². The number of oxazole rings is 1. The molecule has 1 aliphatic heterocycles. The molecule has 3 aromatic rings. The molecule has 1 aromatic heterocycles. The van der Waals surface area contributed by atoms with Crippen LogP contribution in [0, 0.1) is 0 Å². The van der Waals surface area contributed by atoms with Crippen molar-refractivity contribution in [3.8, 4) is 0 Å². The zero-order valence-corrected chi connectivity index (χ0v) is 13.7. The number of likely N-dealkylation sites (tertiary alicyclic amines) is 1. The van der Waals surface area contributed by atoms with E-state index in [0.717, 1.165) is 44.4 Å². The van der Waals surface area contributed by atoms with Gasteiger partial charge in [0.25, 0.3) is 0 Å². The fraction of sp³-hybridized carbons (Fsp3) is 0.350. The summed E-state index contributed by atoms with van der Waals surface area (Å²) in [6.45, 7) is 3.14. The van der Waals surface area contributed by atoms with Crippen molar-refractivity contribution in [1.82, 2.24) is 9.47 Å². The summed E-state index contributed by atoms with van der Waals surface area (Å²) in [7, 11) is 0. The number of hydrogen-bond acceptors (Lipinski definition) is 3. The van der Waals surface area contributed by atoms with Gasteiger partial charge < -0.3 is 9.32 Å². The second kappa shape index (κ2) is 6.65. The highest BCUT2D eigenvalue weighted by Gasteiger charge is 2.24. The number of hydrogen-bond donors (Lipinski definition) is 0. The minimum Gasteiger partial charge on any atom is -0.408 e. The van der Waals surface area contributed by atoms with E-state index in [1.807, 2.05) is 28.8 Å². The Morgan fingerprint density at radius 3 is 2.46 bits per heavy atom. The summed E-state index contributed by atoms with van der Waals surface area (Å²) in [6.07, 6.45) is 3.08. The predicted molar refractivity (Wildman–Crippen MR) is 95.3 cm³/mol. The van der Waals surface area contributed by atoms with Gasteiger partial charge >= 0.3 is 5.76 Å². The first kappa shape index (κ1) is 15.2. The molecule has 1 fully saturated rings. The maximum atomic E-state index is 12.2. The van der Waals surface area contributed by atoms with E-state index >= 15 is 0 Å². The van der Waals surface area contributed by atoms with Crippen molar-refractivity contribution in [2.45, 2.75) is 25.3 Å². The largest absolute Gasteiger partial charge is 0.420 e. The Kier molecular flexibility index (Phi) is 4.22. The molecule has 1 aliphatic rings. The van der Waals surface area contributed by atoms with Crippen LogP contribution in [0.25, 0.3) is 11.1 Å². The molecule has 2 heterocycles. The van der Waals surface area contributed by atoms with Crippen LogP contribution >= 0.6 is 0 Å². The van der Waals surface area contributed by atoms with Crippen molar-refractivity contribution in [1.29, 1.82) is 0 Å². The van der Waals surface area contributed by atoms with Gasteiger partial charge in [-0.2, -0.15) is 0 Å². The van der Waals surface area contributed by atoms with Crippen molar-refractivity contribution in [3.05, 3.63) is 70.7 Å². The number of rotatable bonds is 4. The first-order chi connectivity index (χ1) is 11.8. The second-order valence-corrected chi connectivity index (χ2v) is 6.51. The fourth-order valence-electron chi connectivity index (χ4n) is 3.66. The molecule has 0 spiro atoms. The van der Waals surface area contributed by atoms with Gasteiger partial charge in [-0.1, -0.05) is 42.5 Å². The Labute approximate surface area is 141 Å². The van der Waals surface area contributed by atoms with E-state index < -0.39 is 0 Å². The Hall–Kier alpha value is -2.33. The molecular formula is C20H22N2O2. The standard InChI is InChI=1S/C20H22N2O2/c23-20-22(18-8-4-5-9-19(18)24-20)17-11-14-21(15-12-17)13-10-16-6-2-1-3-7-16/h1-9,17H,10-15H2. The highest BCUT2D eigenvalue weighted by Crippen LogP contribution is 2.25. The van der Waals surface area contributed by atoms with E-state index in [-0.39, 0.29) is 11.8 Å². The number of piperidine rings is 1. The smallest absolute Gasteiger partial charge is 0.408 e. The summed E-state index contributed by atoms with van der Waals surface area (Å²) in [5, 5.41) is 0. The van der Waals surface area contributed by atoms with Gasteiger partial charge in [-0.05, 0) is 37.0 Å². The van der Waals surface area contributed by atoms with Crippen LogP contribution < -0.4 is 5.76 Å². The van der Waals surface area contributed by atoms with Crippen molar-refractivity contribution in [2.24, 2.45) is 0 Å². The molecule has 24 heavy (non-hydrogen) atoms. The summed E-state index contributed by atoms with van der Waals surface area (Å²) < 4.78 is 7.23. The first-order valence-corrected chi connectivity index (χ1v) is 8.67. The molecular weight excluding hydrogens is 300 g/mol. The van der Waals surface area contributed by atoms with E-state index in [1.165, 1.54) is 5.56 Å². The van der Waals surface area contributed by atoms with Crippen LogP contribution in [0.3, 0.4) is 0 Å². The average molecular weight is 322 g/mol. The molecule has 0 radical (unpaired) electrons. The van der Waals surface area contributed by atoms with Crippen LogP contribution in [0.1, 0.15) is 24.4 Å². The zero-order chi connectivity index (χ0) is 16.4. The van der Waals surface area contributed by atoms with Gasteiger partial charge in [-0.25, -0.2) is 4.79 Å². The molecule has 0 saturated carbocycles. The summed E-state index contributed by atoms with van der Waals surface area (Å²) in [4.78, 5) is 14.7. The van der Waals surface area contributed by atoms with E-state index in [0.29, 0.717) is 5.58 Å². The lowest BCUT2D eigenvalue weighted by Gasteiger charge is -2.32. The monoisotopic (exact) mass is 322 g/mol. The van der Waals surface area contributed by atoms with E-state index in [2.05, 4.69) is 35.2 Å². The van der Waals surface area contributed by atoms with Gasteiger partial charge in [-0.15, -0.1) is 0 Å². The van der Waals surface area contributed by atoms with Crippen LogP contribution in [0.4, 0.5) is 0 Å². The summed E-state index contributed by atoms with van der Waals surface area (Å²) in [5.41, 5.74) is 3.00. The molecule has 4 heteroatoms. The van der Waals surface area contributed by atoms with E-state index in [1.54, 1.807) is 0 Å². The molecule has 1 saturated heterocycles. The first-order valence-electron chi connectivity index (χ1n) is 8.67. The van der Waals surface area contributed by atoms with Crippen molar-refractivity contribution in [2.75, 3.05) is 19.6 Å². The van der Waals surface area contributed by atoms with Crippen LogP contribution in [0.15, 0.2) is 63.8 Å². The Bertz CT molecular complexity index is 858. The number of nitrogens with zero attached hydrogens (tertiary/aromatic N) is 2. The Morgan fingerprint density at radius 1 is 0.958 bits per heavy atom. The zero-order valence-electron chi connectivity index (χ0n) is 13.7. The lowest BCUT2D eigenvalue weighted by atomic mass is 10.0. The molecule has 0 bridgehead atoms. The van der Waals surface area contributed by atoms with Gasteiger partial charge in [-0.3, -0.25) is 4.57 Å². The SMILES string of the molecule is O=c1oc2ccccc2n1C1CCN(CCc2ccccc2)CC1. The Balaban J connectivity index is 1.41. The summed E-state index contributed by atoms with van der Waals surface area (Å²) >= 11 is 0. The third kappa shape index (κ3) is 3.02. The minimum atomic E-state index is -0.223. The summed E-state index contributed by atoms with van der Waals surface area (Å²) in [5.74, 6) is -0.223. The minimum absolute atomic E-state index is 0.223. The van der Waals surface area contributed by atoms with Gasteiger partial charge in [0.1, 0.15) is 0 Å². The quantitative estimate of drug-likeness (QED) is 0.738. The molecule has 4 rings (SSSR count). The molecule has 2 aromatic carbocycles. The van der Waals surface area contributed by atoms with Crippen molar-refractivity contribution in [3.63, 3.8) is 0 Å². The van der Waals surface area contributed by atoms with Gasteiger partial charge in [0.15, 0.2) is 5.58 Å². The average Bonchev–Trinajstić information content (AvgIpc) is 2.97. The number of aromatic nitrogens is 1. The van der Waals surface area contributed by atoms with Crippen molar-refractivity contribution < 1.29 is 4.42 Å². The summed E-state index contributed by atoms with van der Waals surface area (Å²) in [6, 6.07) is 18.6. The van der Waals surface area contributed by atoms with E-state index in [9.17, 15) is 4.79 Å². The maximum absolute atomic E-state index is 12.2. The third-order valence-corrected chi connectivity index (χ3v) is 5.00.